The van der Waals surface area contributed by atoms with Gasteiger partial charge in [0.05, 0.1) is 7.11 Å². The highest BCUT2D eigenvalue weighted by atomic mass is 16.5. The first-order valence-electron chi connectivity index (χ1n) is 7.09. The third kappa shape index (κ3) is 4.58. The van der Waals surface area contributed by atoms with Gasteiger partial charge in [-0.1, -0.05) is 13.8 Å². The Labute approximate surface area is 125 Å². The van der Waals surface area contributed by atoms with Crippen molar-refractivity contribution in [2.75, 3.05) is 12.4 Å². The van der Waals surface area contributed by atoms with Crippen molar-refractivity contribution in [3.05, 3.63) is 22.7 Å². The van der Waals surface area contributed by atoms with Gasteiger partial charge >= 0.3 is 5.97 Å². The Bertz CT molecular complexity index is 544. The molecule has 21 heavy (non-hydrogen) atoms. The average molecular weight is 295 g/mol. The molecule has 1 N–H and O–H groups in total. The molecule has 0 saturated heterocycles. The minimum atomic E-state index is -0.578. The molecule has 1 unspecified atom stereocenters. The molecule has 1 rings (SSSR count). The Morgan fingerprint density at radius 3 is 2.52 bits per heavy atom. The summed E-state index contributed by atoms with van der Waals surface area (Å²) in [6.45, 7) is 9.81. The van der Waals surface area contributed by atoms with Crippen molar-refractivity contribution in [3.63, 3.8) is 0 Å². The smallest absolute Gasteiger partial charge is 0.328 e. The molecular formula is C15H25N3O3. The van der Waals surface area contributed by atoms with Crippen molar-refractivity contribution in [3.8, 4) is 0 Å². The highest BCUT2D eigenvalue weighted by Gasteiger charge is 2.23. The predicted octanol–water partition coefficient (Wildman–Crippen LogP) is 2.00. The lowest BCUT2D eigenvalue weighted by atomic mass is 10.0. The lowest BCUT2D eigenvalue weighted by molar-refractivity contribution is -0.141. The number of nitrogens with zero attached hydrogens (tertiary/aromatic N) is 2. The van der Waals surface area contributed by atoms with Gasteiger partial charge in [0, 0.05) is 17.9 Å². The second kappa shape index (κ2) is 6.74. The number of methoxy groups -OCH3 is 1. The molecule has 0 bridgehead atoms. The van der Waals surface area contributed by atoms with Crippen LogP contribution in [0.25, 0.3) is 0 Å². The van der Waals surface area contributed by atoms with E-state index in [0.717, 1.165) is 0 Å². The number of hydrogen-bond acceptors (Lipinski definition) is 5. The number of ether oxygens (including phenoxy) is 1. The number of carbonyl (C=O) groups excluding carboxylic acids is 1. The molecule has 6 heteroatoms. The van der Waals surface area contributed by atoms with Crippen LogP contribution in [0.2, 0.25) is 0 Å². The number of nitrogens with one attached hydrogen (secondary N) is 1. The molecule has 1 aromatic heterocycles. The number of hydrogen-bond donors (Lipinski definition) is 1. The van der Waals surface area contributed by atoms with Gasteiger partial charge in [0.15, 0.2) is 5.82 Å². The first-order valence-corrected chi connectivity index (χ1v) is 7.09. The van der Waals surface area contributed by atoms with Crippen molar-refractivity contribution >= 4 is 11.8 Å². The van der Waals surface area contributed by atoms with Gasteiger partial charge in [-0.25, -0.2) is 9.78 Å². The van der Waals surface area contributed by atoms with Gasteiger partial charge in [-0.2, -0.15) is 0 Å². The second-order valence-corrected chi connectivity index (χ2v) is 6.47. The fourth-order valence-corrected chi connectivity index (χ4v) is 2.03. The van der Waals surface area contributed by atoms with Crippen LogP contribution in [0.3, 0.4) is 0 Å². The van der Waals surface area contributed by atoms with Crippen LogP contribution < -0.4 is 10.9 Å². The van der Waals surface area contributed by atoms with Crippen molar-refractivity contribution < 1.29 is 9.53 Å². The van der Waals surface area contributed by atoms with Gasteiger partial charge in [0.2, 0.25) is 0 Å². The Morgan fingerprint density at radius 1 is 1.43 bits per heavy atom. The third-order valence-corrected chi connectivity index (χ3v) is 3.07. The fraction of sp³-hybridized carbons (Fsp3) is 0.667. The fourth-order valence-electron chi connectivity index (χ4n) is 2.03. The predicted molar refractivity (Wildman–Crippen MR) is 82.4 cm³/mol. The molecule has 1 atom stereocenters. The molecule has 6 nitrogen and oxygen atoms in total. The molecule has 0 spiro atoms. The summed E-state index contributed by atoms with van der Waals surface area (Å²) in [5, 5.41) is 2.92. The molecule has 0 aliphatic heterocycles. The van der Waals surface area contributed by atoms with E-state index in [1.165, 1.54) is 7.11 Å². The van der Waals surface area contributed by atoms with E-state index in [4.69, 9.17) is 4.74 Å². The maximum absolute atomic E-state index is 12.4. The number of carbonyl (C=O) groups is 1. The molecule has 0 radical (unpaired) electrons. The molecule has 0 aliphatic rings. The summed E-state index contributed by atoms with van der Waals surface area (Å²) < 4.78 is 6.37. The molecular weight excluding hydrogens is 270 g/mol. The maximum atomic E-state index is 12.4. The van der Waals surface area contributed by atoms with Crippen LogP contribution in [0.1, 0.15) is 41.0 Å². The van der Waals surface area contributed by atoms with E-state index >= 15 is 0 Å². The van der Waals surface area contributed by atoms with Gasteiger partial charge in [-0.3, -0.25) is 4.79 Å². The monoisotopic (exact) mass is 295 g/mol. The summed E-state index contributed by atoms with van der Waals surface area (Å²) in [4.78, 5) is 28.3. The Hall–Kier alpha value is -1.85. The van der Waals surface area contributed by atoms with Crippen molar-refractivity contribution in [2.24, 2.45) is 5.92 Å². The van der Waals surface area contributed by atoms with E-state index in [9.17, 15) is 9.59 Å². The van der Waals surface area contributed by atoms with Crippen molar-refractivity contribution in [1.29, 1.82) is 0 Å². The van der Waals surface area contributed by atoms with Crippen LogP contribution in [0.4, 0.5) is 5.82 Å². The van der Waals surface area contributed by atoms with Crippen LogP contribution in [-0.4, -0.2) is 28.7 Å². The molecule has 0 saturated carbocycles. The molecule has 0 aliphatic carbocycles. The van der Waals surface area contributed by atoms with E-state index in [1.54, 1.807) is 17.0 Å². The van der Waals surface area contributed by atoms with E-state index in [1.807, 2.05) is 34.6 Å². The Balaban J connectivity index is 3.10. The van der Waals surface area contributed by atoms with E-state index < -0.39 is 12.0 Å². The molecule has 1 aromatic rings. The van der Waals surface area contributed by atoms with Gasteiger partial charge in [-0.05, 0) is 33.1 Å². The van der Waals surface area contributed by atoms with Gasteiger partial charge < -0.3 is 14.6 Å². The van der Waals surface area contributed by atoms with Crippen molar-refractivity contribution in [1.82, 2.24) is 9.55 Å². The van der Waals surface area contributed by atoms with Crippen LogP contribution >= 0.6 is 0 Å². The van der Waals surface area contributed by atoms with Crippen LogP contribution in [0.15, 0.2) is 17.2 Å². The normalized spacial score (nSPS) is 13.1. The maximum Gasteiger partial charge on any atom is 0.328 e. The lowest BCUT2D eigenvalue weighted by Gasteiger charge is -2.24. The first-order chi connectivity index (χ1) is 9.66. The molecule has 0 aromatic carbocycles. The molecule has 0 fully saturated rings. The lowest BCUT2D eigenvalue weighted by Crippen LogP contribution is -2.39. The third-order valence-electron chi connectivity index (χ3n) is 3.07. The minimum Gasteiger partial charge on any atom is -0.467 e. The number of rotatable bonds is 5. The average Bonchev–Trinajstić information content (AvgIpc) is 2.37. The summed E-state index contributed by atoms with van der Waals surface area (Å²) in [5.41, 5.74) is -0.599. The van der Waals surface area contributed by atoms with Gasteiger partial charge in [-0.15, -0.1) is 0 Å². The van der Waals surface area contributed by atoms with Gasteiger partial charge in [0.25, 0.3) is 5.56 Å². The topological polar surface area (TPSA) is 73.2 Å². The van der Waals surface area contributed by atoms with Crippen LogP contribution in [-0.2, 0) is 15.1 Å². The summed E-state index contributed by atoms with van der Waals surface area (Å²) in [5.74, 6) is 0.0645. The zero-order chi connectivity index (χ0) is 16.2. The number of anilines is 1. The van der Waals surface area contributed by atoms with Crippen LogP contribution in [0, 0.1) is 5.92 Å². The Morgan fingerprint density at radius 2 is 2.05 bits per heavy atom. The molecule has 0 amide bonds. The Kier molecular flexibility index (Phi) is 5.52. The van der Waals surface area contributed by atoms with Gasteiger partial charge in [0.1, 0.15) is 6.04 Å². The zero-order valence-corrected chi connectivity index (χ0v) is 13.6. The van der Waals surface area contributed by atoms with Crippen LogP contribution in [0.5, 0.6) is 0 Å². The standard InChI is InChI=1S/C15H25N3O3/c1-10(2)9-11(14(20)21-6)17-12-13(19)18(8-7-16-12)15(3,4)5/h7-8,10-11H,9H2,1-6H3,(H,16,17). The SMILES string of the molecule is COC(=O)C(CC(C)C)Nc1nccn(C(C)(C)C)c1=O. The van der Waals surface area contributed by atoms with E-state index in [-0.39, 0.29) is 22.8 Å². The quantitative estimate of drug-likeness (QED) is 0.841. The first kappa shape index (κ1) is 17.2. The largest absolute Gasteiger partial charge is 0.467 e. The van der Waals surface area contributed by atoms with E-state index in [0.29, 0.717) is 6.42 Å². The summed E-state index contributed by atoms with van der Waals surface area (Å²) in [6.07, 6.45) is 3.76. The highest BCUT2D eigenvalue weighted by molar-refractivity contribution is 5.78. The molecule has 118 valence electrons. The second-order valence-electron chi connectivity index (χ2n) is 6.47. The number of esters is 1. The minimum absolute atomic E-state index is 0.170. The zero-order valence-electron chi connectivity index (χ0n) is 13.6. The summed E-state index contributed by atoms with van der Waals surface area (Å²) in [7, 11) is 1.34. The highest BCUT2D eigenvalue weighted by Crippen LogP contribution is 2.13. The van der Waals surface area contributed by atoms with E-state index in [2.05, 4.69) is 10.3 Å². The molecule has 1 heterocycles. The number of aromatic nitrogens is 2. The summed E-state index contributed by atoms with van der Waals surface area (Å²) in [6, 6.07) is -0.578. The van der Waals surface area contributed by atoms with Crippen molar-refractivity contribution in [2.45, 2.75) is 52.6 Å². The summed E-state index contributed by atoms with van der Waals surface area (Å²) >= 11 is 0.